The molecule has 0 aliphatic carbocycles. The Kier molecular flexibility index (Phi) is 4.65. The molecule has 1 atom stereocenters. The van der Waals surface area contributed by atoms with E-state index in [2.05, 4.69) is 0 Å². The Morgan fingerprint density at radius 2 is 2.19 bits per heavy atom. The summed E-state index contributed by atoms with van der Waals surface area (Å²) < 4.78 is 31.9. The summed E-state index contributed by atoms with van der Waals surface area (Å²) in [6.07, 6.45) is 0.538. The maximum Gasteiger partial charge on any atom is 0.336 e. The molecule has 1 aliphatic heterocycles. The summed E-state index contributed by atoms with van der Waals surface area (Å²) in [6.45, 7) is 4.58. The molecule has 116 valence electrons. The molecule has 0 saturated carbocycles. The van der Waals surface area contributed by atoms with Crippen molar-refractivity contribution >= 4 is 16.0 Å². The van der Waals surface area contributed by atoms with E-state index in [1.54, 1.807) is 13.0 Å². The molecule has 0 radical (unpaired) electrons. The van der Waals surface area contributed by atoms with Gasteiger partial charge in [0, 0.05) is 12.6 Å². The number of hydrogen-bond donors (Lipinski definition) is 1. The van der Waals surface area contributed by atoms with Gasteiger partial charge in [0.25, 0.3) is 0 Å². The van der Waals surface area contributed by atoms with Crippen molar-refractivity contribution in [1.82, 2.24) is 4.31 Å². The van der Waals surface area contributed by atoms with Crippen LogP contribution in [0.1, 0.15) is 29.8 Å². The number of ether oxygens (including phenoxy) is 1. The number of carboxylic acid groups (broad SMARTS) is 1. The maximum absolute atomic E-state index is 12.6. The second kappa shape index (κ2) is 6.13. The van der Waals surface area contributed by atoms with Crippen molar-refractivity contribution in [3.8, 4) is 0 Å². The van der Waals surface area contributed by atoms with Crippen LogP contribution in [0.2, 0.25) is 0 Å². The van der Waals surface area contributed by atoms with Crippen molar-refractivity contribution in [3.63, 3.8) is 0 Å². The lowest BCUT2D eigenvalue weighted by Gasteiger charge is -2.32. The number of aryl methyl sites for hydroxylation is 1. The topological polar surface area (TPSA) is 83.9 Å². The molecule has 1 N–H and O–H groups in total. The number of hydrogen-bond acceptors (Lipinski definition) is 4. The van der Waals surface area contributed by atoms with Gasteiger partial charge in [0.05, 0.1) is 23.7 Å². The first-order chi connectivity index (χ1) is 9.87. The third-order valence-electron chi connectivity index (χ3n) is 3.61. The summed E-state index contributed by atoms with van der Waals surface area (Å²) in [6, 6.07) is 4.03. The average Bonchev–Trinajstić information content (AvgIpc) is 2.46. The third-order valence-corrected chi connectivity index (χ3v) is 5.62. The van der Waals surface area contributed by atoms with Gasteiger partial charge in [-0.05, 0) is 31.0 Å². The zero-order valence-electron chi connectivity index (χ0n) is 12.1. The Hall–Kier alpha value is -1.44. The third kappa shape index (κ3) is 3.09. The van der Waals surface area contributed by atoms with Crippen LogP contribution in [0.5, 0.6) is 0 Å². The lowest BCUT2D eigenvalue weighted by atomic mass is 10.1. The van der Waals surface area contributed by atoms with Gasteiger partial charge in [0.15, 0.2) is 0 Å². The van der Waals surface area contributed by atoms with Crippen LogP contribution in [0, 0.1) is 0 Å². The van der Waals surface area contributed by atoms with Crippen LogP contribution in [0.4, 0.5) is 0 Å². The minimum absolute atomic E-state index is 0.0193. The number of rotatable bonds is 4. The second-order valence-electron chi connectivity index (χ2n) is 5.02. The molecule has 1 aliphatic rings. The quantitative estimate of drug-likeness (QED) is 0.907. The molecule has 0 aromatic heterocycles. The minimum Gasteiger partial charge on any atom is -0.478 e. The fourth-order valence-electron chi connectivity index (χ4n) is 2.43. The van der Waals surface area contributed by atoms with Crippen molar-refractivity contribution in [3.05, 3.63) is 29.3 Å². The molecule has 1 aromatic carbocycles. The smallest absolute Gasteiger partial charge is 0.336 e. The van der Waals surface area contributed by atoms with Gasteiger partial charge in [-0.3, -0.25) is 0 Å². The van der Waals surface area contributed by atoms with Gasteiger partial charge < -0.3 is 9.84 Å². The van der Waals surface area contributed by atoms with Gasteiger partial charge in [0.2, 0.25) is 10.0 Å². The van der Waals surface area contributed by atoms with Gasteiger partial charge in [-0.15, -0.1) is 0 Å². The summed E-state index contributed by atoms with van der Waals surface area (Å²) in [7, 11) is -3.70. The van der Waals surface area contributed by atoms with E-state index in [0.29, 0.717) is 25.2 Å². The summed E-state index contributed by atoms with van der Waals surface area (Å²) in [5.41, 5.74) is 0.663. The van der Waals surface area contributed by atoms with E-state index >= 15 is 0 Å². The molecule has 21 heavy (non-hydrogen) atoms. The zero-order chi connectivity index (χ0) is 15.6. The molecule has 0 spiro atoms. The highest BCUT2D eigenvalue weighted by molar-refractivity contribution is 7.89. The summed E-state index contributed by atoms with van der Waals surface area (Å²) in [5, 5.41) is 9.22. The van der Waals surface area contributed by atoms with Crippen molar-refractivity contribution in [2.24, 2.45) is 0 Å². The van der Waals surface area contributed by atoms with E-state index in [4.69, 9.17) is 4.74 Å². The highest BCUT2D eigenvalue weighted by Gasteiger charge is 2.32. The average molecular weight is 313 g/mol. The van der Waals surface area contributed by atoms with E-state index in [9.17, 15) is 18.3 Å². The van der Waals surface area contributed by atoms with Crippen molar-refractivity contribution < 1.29 is 23.1 Å². The van der Waals surface area contributed by atoms with E-state index in [0.717, 1.165) is 0 Å². The van der Waals surface area contributed by atoms with Gasteiger partial charge in [-0.2, -0.15) is 4.31 Å². The van der Waals surface area contributed by atoms with Gasteiger partial charge in [-0.25, -0.2) is 13.2 Å². The van der Waals surface area contributed by atoms with Gasteiger partial charge >= 0.3 is 5.97 Å². The largest absolute Gasteiger partial charge is 0.478 e. The molecule has 6 nitrogen and oxygen atoms in total. The Balaban J connectivity index is 2.45. The second-order valence-corrected chi connectivity index (χ2v) is 6.91. The van der Waals surface area contributed by atoms with Crippen molar-refractivity contribution in [2.75, 3.05) is 19.8 Å². The number of carbonyl (C=O) groups is 1. The van der Waals surface area contributed by atoms with E-state index in [1.165, 1.54) is 16.4 Å². The predicted octanol–water partition coefficient (Wildman–Crippen LogP) is 1.36. The molecule has 0 amide bonds. The Labute approximate surface area is 124 Å². The highest BCUT2D eigenvalue weighted by atomic mass is 32.2. The molecule has 2 rings (SSSR count). The molecule has 1 heterocycles. The normalized spacial score (nSPS) is 20.4. The summed E-state index contributed by atoms with van der Waals surface area (Å²) in [5.74, 6) is -1.11. The minimum atomic E-state index is -3.70. The van der Waals surface area contributed by atoms with Crippen LogP contribution in [-0.2, 0) is 21.2 Å². The lowest BCUT2D eigenvalue weighted by molar-refractivity contribution is 0.0392. The van der Waals surface area contributed by atoms with Crippen LogP contribution >= 0.6 is 0 Å². The SMILES string of the molecule is CCc1ccc(S(=O)(=O)N2CCOCC2C)cc1C(=O)O. The monoisotopic (exact) mass is 313 g/mol. The van der Waals surface area contributed by atoms with Crippen LogP contribution in [-0.4, -0.2) is 49.6 Å². The van der Waals surface area contributed by atoms with Gasteiger partial charge in [0.1, 0.15) is 0 Å². The number of aromatic carboxylic acids is 1. The summed E-state index contributed by atoms with van der Waals surface area (Å²) in [4.78, 5) is 11.3. The molecule has 0 bridgehead atoms. The Morgan fingerprint density at radius 3 is 2.76 bits per heavy atom. The highest BCUT2D eigenvalue weighted by Crippen LogP contribution is 2.23. The number of benzene rings is 1. The lowest BCUT2D eigenvalue weighted by Crippen LogP contribution is -2.46. The maximum atomic E-state index is 12.6. The van der Waals surface area contributed by atoms with Crippen molar-refractivity contribution in [2.45, 2.75) is 31.2 Å². The standard InChI is InChI=1S/C14H19NO5S/c1-3-11-4-5-12(8-13(11)14(16)17)21(18,19)15-6-7-20-9-10(15)2/h4-5,8,10H,3,6-7,9H2,1-2H3,(H,16,17). The van der Waals surface area contributed by atoms with Crippen LogP contribution in [0.3, 0.4) is 0 Å². The molecule has 1 fully saturated rings. The fraction of sp³-hybridized carbons (Fsp3) is 0.500. The van der Waals surface area contributed by atoms with Crippen LogP contribution < -0.4 is 0 Å². The number of morpholine rings is 1. The zero-order valence-corrected chi connectivity index (χ0v) is 12.9. The van der Waals surface area contributed by atoms with E-state index < -0.39 is 16.0 Å². The molecular formula is C14H19NO5S. The molecule has 7 heteroatoms. The first kappa shape index (κ1) is 15.9. The van der Waals surface area contributed by atoms with Gasteiger partial charge in [-0.1, -0.05) is 13.0 Å². The van der Waals surface area contributed by atoms with Crippen molar-refractivity contribution in [1.29, 1.82) is 0 Å². The summed E-state index contributed by atoms with van der Waals surface area (Å²) >= 11 is 0. The molecular weight excluding hydrogens is 294 g/mol. The Morgan fingerprint density at radius 1 is 1.48 bits per heavy atom. The molecule has 1 aromatic rings. The van der Waals surface area contributed by atoms with Crippen LogP contribution in [0.15, 0.2) is 23.1 Å². The molecule has 1 unspecified atom stereocenters. The Bertz CT molecular complexity index is 641. The number of sulfonamides is 1. The number of carboxylic acids is 1. The first-order valence-corrected chi connectivity index (χ1v) is 8.27. The van der Waals surface area contributed by atoms with Crippen LogP contribution in [0.25, 0.3) is 0 Å². The predicted molar refractivity (Wildman–Crippen MR) is 77.0 cm³/mol. The van der Waals surface area contributed by atoms with E-state index in [1.807, 2.05) is 6.92 Å². The van der Waals surface area contributed by atoms with E-state index in [-0.39, 0.29) is 23.0 Å². The molecule has 1 saturated heterocycles. The number of nitrogens with zero attached hydrogens (tertiary/aromatic N) is 1. The fourth-order valence-corrected chi connectivity index (χ4v) is 4.05. The first-order valence-electron chi connectivity index (χ1n) is 6.83.